The summed E-state index contributed by atoms with van der Waals surface area (Å²) in [6.07, 6.45) is 22.1. The van der Waals surface area contributed by atoms with Crippen molar-refractivity contribution in [1.82, 2.24) is 19.9 Å². The number of rotatable bonds is 8. The number of nitrogens with zero attached hydrogens (tertiary/aromatic N) is 8. The van der Waals surface area contributed by atoms with E-state index in [1.54, 1.807) is 25.3 Å². The van der Waals surface area contributed by atoms with Gasteiger partial charge in [-0.1, -0.05) is 198 Å². The third kappa shape index (κ3) is 12.9. The van der Waals surface area contributed by atoms with Crippen LogP contribution in [0.15, 0.2) is 261 Å². The maximum atomic E-state index is 8.54. The lowest BCUT2D eigenvalue weighted by Gasteiger charge is -2.21. The van der Waals surface area contributed by atoms with Gasteiger partial charge in [0.25, 0.3) is 0 Å². The standard InChI is InChI=1S/C29H29N2O.C25H23N2O.C24H21N2O.C23H19N2O/c1-19-12-13-24-27-23-11-7-6-10-22(23)18-30-29(27)32-28(24)26(19)25-17-21(14-15-31(25)2)16-20-8-4-3-5-9-20;1-15(2)17-11-12-27(4)21(13-17)22-16(3)9-10-20-23-19-8-6-5-7-18(19)14-26-25(23)28-24(20)22;1-4-16-11-12-26(3)20(13-16)21-15(2)9-10-19-22-18-8-6-5-7-17(18)14-25-24(22)27-23(19)21;1-14-10-11-25(3)19(12-14)20-15(2)8-9-18-21-17-7-5-4-6-16(17)13-24-23(21)26-22(18)20/h6-7,10-15,17-18,20H,3-5,8-9,16H2,1-2H3;5-15H,1-4H3;5-14H,4H2,1-3H3;4-13H,1-3H3/q4*+1/i;1D3,15D;4D2;. The molecule has 1 fully saturated rings. The van der Waals surface area contributed by atoms with Crippen LogP contribution >= 0.6 is 0 Å². The molecule has 1 unspecified atom stereocenters. The molecule has 8 aromatic carbocycles. The Morgan fingerprint density at radius 3 is 1.09 bits per heavy atom. The Bertz CT molecular complexity index is 7470. The third-order valence-corrected chi connectivity index (χ3v) is 23.2. The Kier molecular flexibility index (Phi) is 16.9. The highest BCUT2D eigenvalue weighted by Crippen LogP contribution is 2.45. The number of hydrogen-bond donors (Lipinski definition) is 0. The van der Waals surface area contributed by atoms with Gasteiger partial charge in [0, 0.05) is 125 Å². The maximum Gasteiger partial charge on any atom is 0.227 e. The van der Waals surface area contributed by atoms with E-state index >= 15 is 0 Å². The van der Waals surface area contributed by atoms with E-state index in [0.29, 0.717) is 39.6 Å². The summed E-state index contributed by atoms with van der Waals surface area (Å²) in [6, 6.07) is 66.3. The average molecular weight is 1490 g/mol. The lowest BCUT2D eigenvalue weighted by molar-refractivity contribution is -0.660. The van der Waals surface area contributed by atoms with Crippen LogP contribution in [-0.2, 0) is 41.0 Å². The van der Waals surface area contributed by atoms with Crippen LogP contribution in [0.3, 0.4) is 0 Å². The van der Waals surface area contributed by atoms with Crippen LogP contribution < -0.4 is 18.3 Å². The second-order valence-electron chi connectivity index (χ2n) is 30.7. The van der Waals surface area contributed by atoms with E-state index in [1.165, 1.54) is 89.7 Å². The number of pyridine rings is 8. The number of furan rings is 4. The van der Waals surface area contributed by atoms with Crippen LogP contribution in [-0.4, -0.2) is 19.9 Å². The predicted octanol–water partition coefficient (Wildman–Crippen LogP) is 23.9. The van der Waals surface area contributed by atoms with Crippen molar-refractivity contribution in [3.05, 3.63) is 288 Å². The smallest absolute Gasteiger partial charge is 0.227 e. The lowest BCUT2D eigenvalue weighted by atomic mass is 9.85. The third-order valence-electron chi connectivity index (χ3n) is 23.2. The fraction of sp³-hybridized carbons (Fsp3) is 0.208. The fourth-order valence-electron chi connectivity index (χ4n) is 17.2. The minimum absolute atomic E-state index is 0.432. The molecule has 0 amide bonds. The van der Waals surface area contributed by atoms with Crippen molar-refractivity contribution in [1.29, 1.82) is 0 Å². The molecule has 20 aromatic rings. The van der Waals surface area contributed by atoms with E-state index in [9.17, 15) is 0 Å². The van der Waals surface area contributed by atoms with Gasteiger partial charge in [-0.15, -0.1) is 0 Å². The van der Waals surface area contributed by atoms with Crippen molar-refractivity contribution in [3.8, 4) is 45.0 Å². The Balaban J connectivity index is 0.000000109. The van der Waals surface area contributed by atoms with E-state index in [2.05, 4.69) is 211 Å². The molecule has 0 aliphatic heterocycles. The first-order valence-corrected chi connectivity index (χ1v) is 39.0. The molecule has 1 aliphatic rings. The second kappa shape index (κ2) is 29.5. The Morgan fingerprint density at radius 2 is 0.717 bits per heavy atom. The van der Waals surface area contributed by atoms with Gasteiger partial charge in [-0.3, -0.25) is 0 Å². The molecule has 0 bridgehead atoms. The Morgan fingerprint density at radius 1 is 0.389 bits per heavy atom. The van der Waals surface area contributed by atoms with Crippen LogP contribution in [0.4, 0.5) is 0 Å². The zero-order valence-electron chi connectivity index (χ0n) is 71.6. The van der Waals surface area contributed by atoms with E-state index in [0.717, 1.165) is 143 Å². The molecule has 1 atom stereocenters. The molecular weight excluding hydrogens is 1390 g/mol. The minimum Gasteiger partial charge on any atom is -0.437 e. The monoisotopic (exact) mass is 1490 g/mol. The minimum atomic E-state index is -2.45. The largest absolute Gasteiger partial charge is 0.437 e. The van der Waals surface area contributed by atoms with Crippen LogP contribution in [0.2, 0.25) is 0 Å². The van der Waals surface area contributed by atoms with E-state index in [-0.39, 0.29) is 0 Å². The van der Waals surface area contributed by atoms with Gasteiger partial charge in [0.1, 0.15) is 28.2 Å². The predicted molar refractivity (Wildman–Crippen MR) is 460 cm³/mol. The van der Waals surface area contributed by atoms with Gasteiger partial charge in [-0.25, -0.2) is 38.2 Å². The summed E-state index contributed by atoms with van der Waals surface area (Å²) in [5, 5.41) is 17.4. The highest BCUT2D eigenvalue weighted by Gasteiger charge is 2.29. The number of aryl methyl sites for hydroxylation is 10. The highest BCUT2D eigenvalue weighted by atomic mass is 16.4. The summed E-state index contributed by atoms with van der Waals surface area (Å²) < 4.78 is 81.9. The van der Waals surface area contributed by atoms with Gasteiger partial charge in [-0.05, 0) is 125 Å². The molecule has 0 radical (unpaired) electrons. The number of fused-ring (bicyclic) bond motifs is 20. The molecule has 12 heteroatoms. The first kappa shape index (κ1) is 65.0. The summed E-state index contributed by atoms with van der Waals surface area (Å²) in [7, 11) is 8.08. The summed E-state index contributed by atoms with van der Waals surface area (Å²) in [4.78, 5) is 18.3. The van der Waals surface area contributed by atoms with E-state index in [1.807, 2.05) is 116 Å². The van der Waals surface area contributed by atoms with Crippen molar-refractivity contribution in [2.75, 3.05) is 0 Å². The molecule has 21 rings (SSSR count). The molecule has 556 valence electrons. The Labute approximate surface area is 665 Å². The molecule has 12 aromatic heterocycles. The summed E-state index contributed by atoms with van der Waals surface area (Å²) in [5.41, 5.74) is 22.4. The van der Waals surface area contributed by atoms with Crippen molar-refractivity contribution >= 4 is 131 Å². The van der Waals surface area contributed by atoms with Crippen LogP contribution in [0.5, 0.6) is 0 Å². The highest BCUT2D eigenvalue weighted by molar-refractivity contribution is 6.23. The van der Waals surface area contributed by atoms with Gasteiger partial charge in [0.05, 0.1) is 43.8 Å². The van der Waals surface area contributed by atoms with Gasteiger partial charge in [0.2, 0.25) is 45.6 Å². The van der Waals surface area contributed by atoms with Crippen LogP contribution in [0, 0.1) is 40.5 Å². The summed E-state index contributed by atoms with van der Waals surface area (Å²) in [6.45, 7) is 11.1. The molecule has 12 nitrogen and oxygen atoms in total. The number of aromatic nitrogens is 8. The molecule has 113 heavy (non-hydrogen) atoms. The first-order chi connectivity index (χ1) is 57.3. The average Bonchev–Trinajstić information content (AvgIpc) is 1.62. The molecule has 1 aliphatic carbocycles. The zero-order valence-corrected chi connectivity index (χ0v) is 65.6. The van der Waals surface area contributed by atoms with Crippen molar-refractivity contribution < 1.29 is 44.2 Å². The van der Waals surface area contributed by atoms with Gasteiger partial charge in [-0.2, -0.15) is 0 Å². The lowest BCUT2D eigenvalue weighted by Crippen LogP contribution is -2.31. The molecule has 0 saturated heterocycles. The quantitative estimate of drug-likeness (QED) is 0.138. The van der Waals surface area contributed by atoms with Gasteiger partial charge < -0.3 is 17.7 Å². The topological polar surface area (TPSA) is 120 Å². The van der Waals surface area contributed by atoms with Crippen molar-refractivity contribution in [3.63, 3.8) is 0 Å². The SMILES string of the molecule is Cc1cc[n+](C)c(-c2c(C)ccc3c2oc2ncc4ccccc4c23)c1.Cc1ccc2c(oc3ncc4ccccc4c32)c1-c1cc(CC2CCCCC2)cc[n+]1C.[2H]C([2H])(C)c1cc[n+](C)c(-c2c(C)ccc3c2oc2ncc4ccccc4c23)c1.[2H]C([2H])([2H])C([2H])(C)c1cc[n+](C)c(-c2c(C)ccc3c2oc2ncc4ccccc4c23)c1. The second-order valence-corrected chi connectivity index (χ2v) is 30.7. The van der Waals surface area contributed by atoms with Crippen molar-refractivity contribution in [2.24, 2.45) is 34.1 Å². The molecule has 12 heterocycles. The van der Waals surface area contributed by atoms with Crippen molar-refractivity contribution in [2.45, 2.75) is 106 Å². The van der Waals surface area contributed by atoms with E-state index < -0.39 is 19.1 Å². The summed E-state index contributed by atoms with van der Waals surface area (Å²) in [5.74, 6) is -0.911. The van der Waals surface area contributed by atoms with Gasteiger partial charge in [0.15, 0.2) is 47.1 Å². The fourth-order valence-corrected chi connectivity index (χ4v) is 17.2. The molecule has 0 spiro atoms. The number of hydrogen-bond acceptors (Lipinski definition) is 8. The normalized spacial score (nSPS) is 14.3. The number of benzene rings is 8. The molecule has 0 N–H and O–H groups in total. The molecule has 1 saturated carbocycles. The maximum absolute atomic E-state index is 8.54. The van der Waals surface area contributed by atoms with Crippen LogP contribution in [0.1, 0.15) is 111 Å². The zero-order chi connectivity index (χ0) is 82.7. The van der Waals surface area contributed by atoms with Gasteiger partial charge >= 0.3 is 0 Å². The Hall–Kier alpha value is -12.8. The van der Waals surface area contributed by atoms with E-state index in [4.69, 9.17) is 25.9 Å². The first-order valence-electron chi connectivity index (χ1n) is 42.0. The van der Waals surface area contributed by atoms with Crippen LogP contribution in [0.25, 0.3) is 176 Å². The molecular formula is C101H92N8O4+4. The summed E-state index contributed by atoms with van der Waals surface area (Å²) >= 11 is 0.